The molecule has 0 aliphatic carbocycles. The first-order chi connectivity index (χ1) is 15.4. The van der Waals surface area contributed by atoms with E-state index < -0.39 is 5.91 Å². The first-order valence-corrected chi connectivity index (χ1v) is 10.4. The highest BCUT2D eigenvalue weighted by atomic mass is 16.3. The van der Waals surface area contributed by atoms with Crippen LogP contribution in [-0.2, 0) is 20.6 Å². The number of pyridine rings is 1. The molecule has 0 aromatic carbocycles. The van der Waals surface area contributed by atoms with Crippen molar-refractivity contribution in [3.8, 4) is 17.1 Å². The third kappa shape index (κ3) is 4.06. The number of imidazole rings is 1. The zero-order valence-electron chi connectivity index (χ0n) is 18.2. The normalized spacial score (nSPS) is 13.2. The molecule has 0 saturated heterocycles. The van der Waals surface area contributed by atoms with E-state index in [4.69, 9.17) is 5.11 Å². The van der Waals surface area contributed by atoms with Gasteiger partial charge >= 0.3 is 0 Å². The van der Waals surface area contributed by atoms with Crippen molar-refractivity contribution in [1.29, 1.82) is 0 Å². The Bertz CT molecular complexity index is 1330. The van der Waals surface area contributed by atoms with E-state index in [-0.39, 0.29) is 18.4 Å². The van der Waals surface area contributed by atoms with Gasteiger partial charge in [-0.05, 0) is 30.9 Å². The molecular formula is C21H26N8O3. The van der Waals surface area contributed by atoms with Gasteiger partial charge in [0, 0.05) is 39.0 Å². The molecule has 4 aromatic rings. The molecule has 11 nitrogen and oxygen atoms in total. The molecule has 1 atom stereocenters. The fourth-order valence-electron chi connectivity index (χ4n) is 3.71. The number of hydrogen-bond acceptors (Lipinski definition) is 6. The van der Waals surface area contributed by atoms with Crippen LogP contribution in [0.3, 0.4) is 0 Å². The highest BCUT2D eigenvalue weighted by Crippen LogP contribution is 2.27. The van der Waals surface area contributed by atoms with Crippen molar-refractivity contribution in [3.63, 3.8) is 0 Å². The number of amides is 1. The molecule has 0 saturated carbocycles. The van der Waals surface area contributed by atoms with Gasteiger partial charge in [0.1, 0.15) is 5.52 Å². The quantitative estimate of drug-likeness (QED) is 0.398. The maximum atomic E-state index is 13.0. The summed E-state index contributed by atoms with van der Waals surface area (Å²) in [5.74, 6) is -0.198. The maximum absolute atomic E-state index is 13.0. The molecule has 4 rings (SSSR count). The fourth-order valence-corrected chi connectivity index (χ4v) is 3.71. The Morgan fingerprint density at radius 1 is 1.25 bits per heavy atom. The van der Waals surface area contributed by atoms with E-state index in [1.807, 2.05) is 11.6 Å². The van der Waals surface area contributed by atoms with E-state index >= 15 is 0 Å². The van der Waals surface area contributed by atoms with Crippen molar-refractivity contribution < 1.29 is 15.0 Å². The van der Waals surface area contributed by atoms with Gasteiger partial charge < -0.3 is 15.2 Å². The zero-order chi connectivity index (χ0) is 22.8. The molecule has 3 N–H and O–H groups in total. The summed E-state index contributed by atoms with van der Waals surface area (Å²) in [5.41, 5.74) is 3.26. The third-order valence-corrected chi connectivity index (χ3v) is 5.41. The number of carbonyl (C=O) groups excluding carboxylic acids is 1. The van der Waals surface area contributed by atoms with Crippen LogP contribution in [0.5, 0.6) is 5.88 Å². The van der Waals surface area contributed by atoms with Crippen molar-refractivity contribution in [2.45, 2.75) is 26.3 Å². The zero-order valence-corrected chi connectivity index (χ0v) is 18.2. The van der Waals surface area contributed by atoms with Crippen molar-refractivity contribution in [1.82, 2.24) is 34.1 Å². The molecule has 4 heterocycles. The van der Waals surface area contributed by atoms with Gasteiger partial charge in [-0.1, -0.05) is 6.92 Å². The van der Waals surface area contributed by atoms with Gasteiger partial charge in [0.25, 0.3) is 5.91 Å². The molecule has 168 valence electrons. The molecule has 32 heavy (non-hydrogen) atoms. The van der Waals surface area contributed by atoms with Crippen LogP contribution in [0.1, 0.15) is 30.1 Å². The van der Waals surface area contributed by atoms with Crippen LogP contribution < -0.4 is 5.62 Å². The Hall–Kier alpha value is -3.73. The standard InChI is InChI=1S/C21H26N8O3/c1-13(5-4-8-30)12-29-19-17(11-24-27(19)2)25-21(29)26-18(31)14-6-7-22-16(9-14)15-10-23-28(3)20(15)32/h6-7,9-11,13,30,32H,4-5,8,12H2,1-3H3,(H,25,26,31)/t13-/m1/s1. The summed E-state index contributed by atoms with van der Waals surface area (Å²) in [6.07, 6.45) is 6.26. The lowest BCUT2D eigenvalue weighted by Crippen LogP contribution is -2.25. The number of nitrogens with zero attached hydrogens (tertiary/aromatic N) is 7. The Morgan fingerprint density at radius 2 is 2.03 bits per heavy atom. The minimum absolute atomic E-state index is 0.0307. The van der Waals surface area contributed by atoms with E-state index in [1.165, 1.54) is 17.1 Å². The summed E-state index contributed by atoms with van der Waals surface area (Å²) in [6.45, 7) is 2.87. The van der Waals surface area contributed by atoms with E-state index in [0.29, 0.717) is 35.4 Å². The molecule has 1 amide bonds. The number of aliphatic hydroxyl groups is 1. The van der Waals surface area contributed by atoms with Gasteiger partial charge in [0.05, 0.1) is 23.7 Å². The summed E-state index contributed by atoms with van der Waals surface area (Å²) < 4.78 is 5.01. The number of aromatic amines is 1. The van der Waals surface area contributed by atoms with Crippen LogP contribution in [0.2, 0.25) is 0 Å². The Kier molecular flexibility index (Phi) is 5.91. The lowest BCUT2D eigenvalue weighted by molar-refractivity contribution is 0.0996. The number of nitrogens with one attached hydrogen (secondary N) is 1. The number of H-pyrrole nitrogens is 1. The second kappa shape index (κ2) is 8.79. The van der Waals surface area contributed by atoms with Crippen molar-refractivity contribution in [2.24, 2.45) is 25.0 Å². The second-order valence-corrected chi connectivity index (χ2v) is 7.89. The van der Waals surface area contributed by atoms with Crippen molar-refractivity contribution >= 4 is 17.1 Å². The maximum Gasteiger partial charge on any atom is 0.280 e. The average molecular weight is 438 g/mol. The van der Waals surface area contributed by atoms with Crippen LogP contribution >= 0.6 is 0 Å². The second-order valence-electron chi connectivity index (χ2n) is 7.89. The Labute approximate surface area is 183 Å². The first-order valence-electron chi connectivity index (χ1n) is 10.4. The number of rotatable bonds is 7. The highest BCUT2D eigenvalue weighted by Gasteiger charge is 2.16. The SMILES string of the molecule is C[C@H](CCCO)Cn1/c(=N/C(=O)c2ccnc(-c3cnn(C)c3O)c2)[nH]c2cnn(C)c21. The smallest absolute Gasteiger partial charge is 0.280 e. The van der Waals surface area contributed by atoms with Crippen molar-refractivity contribution in [2.75, 3.05) is 6.61 Å². The highest BCUT2D eigenvalue weighted by molar-refractivity contribution is 5.95. The molecule has 0 aliphatic heterocycles. The Balaban J connectivity index is 1.71. The van der Waals surface area contributed by atoms with Gasteiger partial charge in [-0.25, -0.2) is 4.68 Å². The van der Waals surface area contributed by atoms with Gasteiger partial charge in [-0.3, -0.25) is 19.0 Å². The van der Waals surface area contributed by atoms with E-state index in [0.717, 1.165) is 17.6 Å². The van der Waals surface area contributed by atoms with Gasteiger partial charge in [0.2, 0.25) is 11.5 Å². The van der Waals surface area contributed by atoms with Crippen LogP contribution in [0.15, 0.2) is 35.7 Å². The molecule has 0 radical (unpaired) electrons. The molecule has 0 aliphatic rings. The summed E-state index contributed by atoms with van der Waals surface area (Å²) in [4.78, 5) is 24.8. The minimum atomic E-state index is -0.437. The van der Waals surface area contributed by atoms with E-state index in [2.05, 4.69) is 32.1 Å². The minimum Gasteiger partial charge on any atom is -0.493 e. The largest absolute Gasteiger partial charge is 0.493 e. The molecule has 4 aromatic heterocycles. The lowest BCUT2D eigenvalue weighted by Gasteiger charge is -2.12. The van der Waals surface area contributed by atoms with Gasteiger partial charge in [0.15, 0.2) is 5.65 Å². The number of aryl methyl sites for hydroxylation is 2. The first kappa shape index (κ1) is 21.5. The number of aliphatic hydroxyl groups excluding tert-OH is 1. The number of aromatic hydroxyl groups is 1. The molecule has 0 spiro atoms. The van der Waals surface area contributed by atoms with E-state index in [1.54, 1.807) is 30.1 Å². The molecular weight excluding hydrogens is 412 g/mol. The van der Waals surface area contributed by atoms with Gasteiger partial charge in [-0.15, -0.1) is 0 Å². The molecule has 0 bridgehead atoms. The van der Waals surface area contributed by atoms with E-state index in [9.17, 15) is 9.90 Å². The summed E-state index contributed by atoms with van der Waals surface area (Å²) >= 11 is 0. The molecule has 0 fully saturated rings. The Morgan fingerprint density at radius 3 is 2.75 bits per heavy atom. The predicted molar refractivity (Wildman–Crippen MR) is 117 cm³/mol. The number of hydrogen-bond donors (Lipinski definition) is 3. The van der Waals surface area contributed by atoms with Crippen molar-refractivity contribution in [3.05, 3.63) is 41.9 Å². The topological polar surface area (TPSA) is 139 Å². The third-order valence-electron chi connectivity index (χ3n) is 5.41. The average Bonchev–Trinajstić information content (AvgIpc) is 3.42. The van der Waals surface area contributed by atoms with Crippen LogP contribution in [0.25, 0.3) is 22.4 Å². The predicted octanol–water partition coefficient (Wildman–Crippen LogP) is 1.35. The summed E-state index contributed by atoms with van der Waals surface area (Å²) in [5, 5.41) is 27.6. The number of carbonyl (C=O) groups is 1. The number of aromatic nitrogens is 7. The fraction of sp³-hybridized carbons (Fsp3) is 0.381. The van der Waals surface area contributed by atoms with Crippen LogP contribution in [0, 0.1) is 5.92 Å². The summed E-state index contributed by atoms with van der Waals surface area (Å²) in [7, 11) is 3.46. The number of fused-ring (bicyclic) bond motifs is 1. The lowest BCUT2D eigenvalue weighted by atomic mass is 10.1. The molecule has 11 heteroatoms. The molecule has 0 unspecified atom stereocenters. The summed E-state index contributed by atoms with van der Waals surface area (Å²) in [6, 6.07) is 3.17. The monoisotopic (exact) mass is 438 g/mol. The van der Waals surface area contributed by atoms with Crippen LogP contribution in [0.4, 0.5) is 0 Å². The van der Waals surface area contributed by atoms with Crippen LogP contribution in [-0.4, -0.2) is 56.8 Å². The van der Waals surface area contributed by atoms with Gasteiger partial charge in [-0.2, -0.15) is 15.2 Å².